The van der Waals surface area contributed by atoms with Gasteiger partial charge in [0, 0.05) is 16.8 Å². The molecule has 0 saturated heterocycles. The summed E-state index contributed by atoms with van der Waals surface area (Å²) in [5.74, 6) is 0.922. The van der Waals surface area contributed by atoms with Crippen LogP contribution in [0.1, 0.15) is 56.8 Å². The number of para-hydroxylation sites is 1. The first-order valence-electron chi connectivity index (χ1n) is 11.2. The molecule has 8 nitrogen and oxygen atoms in total. The summed E-state index contributed by atoms with van der Waals surface area (Å²) in [5, 5.41) is 14.9. The quantitative estimate of drug-likeness (QED) is 0.429. The molecule has 4 aromatic rings. The maximum absolute atomic E-state index is 11.4. The van der Waals surface area contributed by atoms with E-state index in [1.807, 2.05) is 0 Å². The van der Waals surface area contributed by atoms with Gasteiger partial charge in [0.15, 0.2) is 5.82 Å². The summed E-state index contributed by atoms with van der Waals surface area (Å²) < 4.78 is 1.80. The molecule has 1 aromatic carbocycles. The molecule has 0 atom stereocenters. The number of carboxylic acid groups (broad SMARTS) is 1. The maximum atomic E-state index is 11.4. The first-order chi connectivity index (χ1) is 15.4. The van der Waals surface area contributed by atoms with E-state index in [1.165, 1.54) is 11.9 Å². The number of fused-ring (bicyclic) bond motifs is 2. The second-order valence-electron chi connectivity index (χ2n) is 9.27. The smallest absolute Gasteiger partial charge is 0.306 e. The standard InChI is InChI=1S/C24H28N6O2/c1-13(2)10-16-4-3-5-17-11-18(28-19(16)17)20-21-22(25)26-12-27-30(21)23(29-20)14-6-8-15(9-7-14)24(31)32/h3-5,11-15,28H,6-10H2,1-2H3,(H,31,32)(H2,25,26,27)/t14-,15-. The van der Waals surface area contributed by atoms with Gasteiger partial charge < -0.3 is 15.8 Å². The van der Waals surface area contributed by atoms with Crippen LogP contribution >= 0.6 is 0 Å². The normalized spacial score (nSPS) is 19.2. The highest BCUT2D eigenvalue weighted by molar-refractivity contribution is 5.92. The van der Waals surface area contributed by atoms with Crippen LogP contribution in [0.2, 0.25) is 0 Å². The second-order valence-corrected chi connectivity index (χ2v) is 9.27. The molecular weight excluding hydrogens is 404 g/mol. The summed E-state index contributed by atoms with van der Waals surface area (Å²) >= 11 is 0. The number of nitrogens with one attached hydrogen (secondary N) is 1. The molecule has 8 heteroatoms. The first kappa shape index (κ1) is 20.5. The number of nitrogens with zero attached hydrogens (tertiary/aromatic N) is 4. The van der Waals surface area contributed by atoms with Crippen molar-refractivity contribution in [3.05, 3.63) is 42.0 Å². The highest BCUT2D eigenvalue weighted by Gasteiger charge is 2.31. The van der Waals surface area contributed by atoms with Crippen molar-refractivity contribution >= 4 is 28.2 Å². The summed E-state index contributed by atoms with van der Waals surface area (Å²) in [6.07, 6.45) is 5.28. The molecule has 0 amide bonds. The monoisotopic (exact) mass is 432 g/mol. The van der Waals surface area contributed by atoms with Crippen molar-refractivity contribution in [2.75, 3.05) is 5.73 Å². The summed E-state index contributed by atoms with van der Waals surface area (Å²) in [7, 11) is 0. The van der Waals surface area contributed by atoms with Crippen molar-refractivity contribution in [2.45, 2.75) is 51.9 Å². The number of anilines is 1. The minimum absolute atomic E-state index is 0.141. The van der Waals surface area contributed by atoms with Crippen molar-refractivity contribution in [2.24, 2.45) is 11.8 Å². The summed E-state index contributed by atoms with van der Waals surface area (Å²) in [6, 6.07) is 8.47. The minimum Gasteiger partial charge on any atom is -0.481 e. The molecule has 1 fully saturated rings. The molecule has 0 bridgehead atoms. The van der Waals surface area contributed by atoms with Crippen molar-refractivity contribution in [1.82, 2.24) is 24.6 Å². The summed E-state index contributed by atoms with van der Waals surface area (Å²) in [5.41, 5.74) is 11.0. The van der Waals surface area contributed by atoms with Gasteiger partial charge in [-0.2, -0.15) is 5.10 Å². The topological polar surface area (TPSA) is 122 Å². The highest BCUT2D eigenvalue weighted by atomic mass is 16.4. The van der Waals surface area contributed by atoms with Gasteiger partial charge in [-0.15, -0.1) is 0 Å². The van der Waals surface area contributed by atoms with E-state index >= 15 is 0 Å². The maximum Gasteiger partial charge on any atom is 0.306 e. The number of hydrogen-bond acceptors (Lipinski definition) is 5. The van der Waals surface area contributed by atoms with Crippen LogP contribution in [-0.4, -0.2) is 35.6 Å². The Morgan fingerprint density at radius 1 is 1.28 bits per heavy atom. The number of carbonyl (C=O) groups is 1. The van der Waals surface area contributed by atoms with Crippen LogP contribution in [0.5, 0.6) is 0 Å². The van der Waals surface area contributed by atoms with E-state index in [9.17, 15) is 9.90 Å². The van der Waals surface area contributed by atoms with Gasteiger partial charge in [-0.1, -0.05) is 32.0 Å². The van der Waals surface area contributed by atoms with Crippen LogP contribution in [0, 0.1) is 11.8 Å². The third-order valence-electron chi connectivity index (χ3n) is 6.55. The molecule has 0 aliphatic heterocycles. The number of carboxylic acids is 1. The van der Waals surface area contributed by atoms with E-state index in [4.69, 9.17) is 10.7 Å². The molecule has 0 spiro atoms. The van der Waals surface area contributed by atoms with Gasteiger partial charge in [0.1, 0.15) is 23.4 Å². The fourth-order valence-corrected chi connectivity index (χ4v) is 4.98. The number of benzene rings is 1. The zero-order valence-corrected chi connectivity index (χ0v) is 18.4. The number of H-pyrrole nitrogens is 1. The highest BCUT2D eigenvalue weighted by Crippen LogP contribution is 2.38. The second kappa shape index (κ2) is 7.93. The third kappa shape index (κ3) is 3.49. The van der Waals surface area contributed by atoms with Crippen LogP contribution in [0.15, 0.2) is 30.6 Å². The molecule has 4 N–H and O–H groups in total. The average molecular weight is 433 g/mol. The van der Waals surface area contributed by atoms with Crippen molar-refractivity contribution in [1.29, 1.82) is 0 Å². The summed E-state index contributed by atoms with van der Waals surface area (Å²) in [4.78, 5) is 24.2. The van der Waals surface area contributed by atoms with Gasteiger partial charge in [0.2, 0.25) is 0 Å². The van der Waals surface area contributed by atoms with Crippen molar-refractivity contribution in [3.8, 4) is 11.4 Å². The third-order valence-corrected chi connectivity index (χ3v) is 6.55. The Kier molecular flexibility index (Phi) is 5.07. The van der Waals surface area contributed by atoms with Crippen LogP contribution < -0.4 is 5.73 Å². The van der Waals surface area contributed by atoms with E-state index in [0.29, 0.717) is 30.1 Å². The Bertz CT molecular complexity index is 1300. The van der Waals surface area contributed by atoms with E-state index in [1.54, 1.807) is 4.52 Å². The number of rotatable bonds is 5. The van der Waals surface area contributed by atoms with Gasteiger partial charge in [0.25, 0.3) is 0 Å². The van der Waals surface area contributed by atoms with Gasteiger partial charge in [-0.25, -0.2) is 14.5 Å². The van der Waals surface area contributed by atoms with E-state index in [-0.39, 0.29) is 11.8 Å². The fourth-order valence-electron chi connectivity index (χ4n) is 4.98. The number of imidazole rings is 1. The Morgan fingerprint density at radius 2 is 2.06 bits per heavy atom. The van der Waals surface area contributed by atoms with Crippen LogP contribution in [0.25, 0.3) is 27.8 Å². The number of aliphatic carboxylic acids is 1. The SMILES string of the molecule is CC(C)Cc1cccc2cc(-c3nc([C@H]4CC[C@H](C(=O)O)CC4)n4ncnc(N)c34)[nH]c12. The largest absolute Gasteiger partial charge is 0.481 e. The lowest BCUT2D eigenvalue weighted by atomic mass is 9.82. The Morgan fingerprint density at radius 3 is 2.78 bits per heavy atom. The molecule has 5 rings (SSSR count). The van der Waals surface area contributed by atoms with Gasteiger partial charge in [0.05, 0.1) is 11.6 Å². The number of aromatic amines is 1. The molecule has 1 saturated carbocycles. The predicted molar refractivity (Wildman–Crippen MR) is 123 cm³/mol. The number of hydrogen-bond donors (Lipinski definition) is 3. The number of nitrogen functional groups attached to an aromatic ring is 1. The Balaban J connectivity index is 1.60. The lowest BCUT2D eigenvalue weighted by Crippen LogP contribution is -2.21. The molecule has 32 heavy (non-hydrogen) atoms. The lowest BCUT2D eigenvalue weighted by Gasteiger charge is -2.24. The lowest BCUT2D eigenvalue weighted by molar-refractivity contribution is -0.142. The summed E-state index contributed by atoms with van der Waals surface area (Å²) in [6.45, 7) is 4.43. The molecule has 1 aliphatic rings. The number of aromatic nitrogens is 5. The molecule has 3 heterocycles. The van der Waals surface area contributed by atoms with E-state index in [2.05, 4.69) is 53.2 Å². The fraction of sp³-hybridized carbons (Fsp3) is 0.417. The van der Waals surface area contributed by atoms with Crippen molar-refractivity contribution < 1.29 is 9.90 Å². The Labute approximate surface area is 185 Å². The van der Waals surface area contributed by atoms with Gasteiger partial charge in [-0.3, -0.25) is 4.79 Å². The molecular formula is C24H28N6O2. The van der Waals surface area contributed by atoms with Crippen molar-refractivity contribution in [3.63, 3.8) is 0 Å². The predicted octanol–water partition coefficient (Wildman–Crippen LogP) is 4.41. The molecule has 3 aromatic heterocycles. The average Bonchev–Trinajstić information content (AvgIpc) is 3.36. The minimum atomic E-state index is -0.709. The first-order valence-corrected chi connectivity index (χ1v) is 11.2. The zero-order chi connectivity index (χ0) is 22.4. The molecule has 1 aliphatic carbocycles. The number of nitrogens with two attached hydrogens (primary N) is 1. The van der Waals surface area contributed by atoms with E-state index in [0.717, 1.165) is 47.4 Å². The van der Waals surface area contributed by atoms with Gasteiger partial charge in [-0.05, 0) is 49.7 Å². The van der Waals surface area contributed by atoms with Crippen LogP contribution in [0.3, 0.4) is 0 Å². The Hall–Kier alpha value is -3.42. The van der Waals surface area contributed by atoms with Crippen LogP contribution in [0.4, 0.5) is 5.82 Å². The van der Waals surface area contributed by atoms with E-state index < -0.39 is 5.97 Å². The van der Waals surface area contributed by atoms with Crippen LogP contribution in [-0.2, 0) is 11.2 Å². The molecule has 0 radical (unpaired) electrons. The van der Waals surface area contributed by atoms with Gasteiger partial charge >= 0.3 is 5.97 Å². The zero-order valence-electron chi connectivity index (χ0n) is 18.4. The molecule has 0 unspecified atom stereocenters. The molecule has 166 valence electrons.